The van der Waals surface area contributed by atoms with Crippen molar-refractivity contribution in [1.82, 2.24) is 5.32 Å². The highest BCUT2D eigenvalue weighted by molar-refractivity contribution is 7.99. The molecule has 0 saturated carbocycles. The van der Waals surface area contributed by atoms with Crippen LogP contribution in [0.15, 0.2) is 27.4 Å². The summed E-state index contributed by atoms with van der Waals surface area (Å²) in [5.74, 6) is 1.63. The fourth-order valence-electron chi connectivity index (χ4n) is 2.41. The number of fused-ring (bicyclic) bond motifs is 1. The predicted octanol–water partition coefficient (Wildman–Crippen LogP) is 3.81. The number of hydrogen-bond acceptors (Lipinski definition) is 4. The third-order valence-electron chi connectivity index (χ3n) is 3.98. The maximum absolute atomic E-state index is 11.8. The number of hydrogen-bond donors (Lipinski definition) is 1. The molecule has 0 fully saturated rings. The highest BCUT2D eigenvalue weighted by Gasteiger charge is 2.09. The Morgan fingerprint density at radius 2 is 1.92 bits per heavy atom. The van der Waals surface area contributed by atoms with E-state index in [1.807, 2.05) is 26.0 Å². The SMILES string of the molecule is Cc1cc2oc(=O)cc(CSCC(=O)NCCC(C)C)c2cc1C. The zero-order valence-corrected chi connectivity index (χ0v) is 15.6. The van der Waals surface area contributed by atoms with Crippen molar-refractivity contribution in [2.24, 2.45) is 5.92 Å². The Morgan fingerprint density at radius 1 is 1.21 bits per heavy atom. The lowest BCUT2D eigenvalue weighted by molar-refractivity contribution is -0.118. The van der Waals surface area contributed by atoms with Crippen LogP contribution >= 0.6 is 11.8 Å². The van der Waals surface area contributed by atoms with Gasteiger partial charge in [-0.25, -0.2) is 4.79 Å². The van der Waals surface area contributed by atoms with Crippen LogP contribution in [0.5, 0.6) is 0 Å². The standard InChI is InChI=1S/C19H25NO3S/c1-12(2)5-6-20-18(21)11-24-10-15-9-19(22)23-17-8-14(4)13(3)7-16(15)17/h7-9,12H,5-6,10-11H2,1-4H3,(H,20,21). The van der Waals surface area contributed by atoms with Gasteiger partial charge in [0.05, 0.1) is 5.75 Å². The Morgan fingerprint density at radius 3 is 2.62 bits per heavy atom. The van der Waals surface area contributed by atoms with E-state index in [-0.39, 0.29) is 11.5 Å². The second kappa shape index (κ2) is 8.38. The minimum atomic E-state index is -0.345. The fraction of sp³-hybridized carbons (Fsp3) is 0.474. The number of amides is 1. The first-order valence-corrected chi connectivity index (χ1v) is 9.40. The summed E-state index contributed by atoms with van der Waals surface area (Å²) in [6, 6.07) is 5.48. The summed E-state index contributed by atoms with van der Waals surface area (Å²) in [5, 5.41) is 3.87. The summed E-state index contributed by atoms with van der Waals surface area (Å²) in [7, 11) is 0. The van der Waals surface area contributed by atoms with Crippen LogP contribution in [0.3, 0.4) is 0 Å². The van der Waals surface area contributed by atoms with E-state index in [4.69, 9.17) is 4.42 Å². The summed E-state index contributed by atoms with van der Waals surface area (Å²) in [6.45, 7) is 9.03. The van der Waals surface area contributed by atoms with Gasteiger partial charge in [-0.2, -0.15) is 0 Å². The Hall–Kier alpha value is -1.75. The third kappa shape index (κ3) is 5.13. The molecule has 0 atom stereocenters. The molecule has 130 valence electrons. The Balaban J connectivity index is 2.01. The van der Waals surface area contributed by atoms with E-state index >= 15 is 0 Å². The Labute approximate surface area is 147 Å². The van der Waals surface area contributed by atoms with Crippen molar-refractivity contribution in [3.63, 3.8) is 0 Å². The van der Waals surface area contributed by atoms with Gasteiger partial charge in [0.1, 0.15) is 5.58 Å². The number of thioether (sulfide) groups is 1. The summed E-state index contributed by atoms with van der Waals surface area (Å²) in [4.78, 5) is 23.6. The molecule has 2 rings (SSSR count). The first-order chi connectivity index (χ1) is 11.4. The number of rotatable bonds is 7. The molecule has 0 aliphatic carbocycles. The van der Waals surface area contributed by atoms with Crippen LogP contribution in [0.4, 0.5) is 0 Å². The number of nitrogens with one attached hydrogen (secondary N) is 1. The molecule has 4 nitrogen and oxygen atoms in total. The van der Waals surface area contributed by atoms with Gasteiger partial charge >= 0.3 is 5.63 Å². The van der Waals surface area contributed by atoms with Crippen molar-refractivity contribution in [3.8, 4) is 0 Å². The topological polar surface area (TPSA) is 59.3 Å². The largest absolute Gasteiger partial charge is 0.423 e. The van der Waals surface area contributed by atoms with Gasteiger partial charge < -0.3 is 9.73 Å². The second-order valence-electron chi connectivity index (χ2n) is 6.55. The van der Waals surface area contributed by atoms with Crippen molar-refractivity contribution in [2.75, 3.05) is 12.3 Å². The van der Waals surface area contributed by atoms with E-state index in [9.17, 15) is 9.59 Å². The zero-order valence-electron chi connectivity index (χ0n) is 14.8. The average Bonchev–Trinajstić information content (AvgIpc) is 2.48. The summed E-state index contributed by atoms with van der Waals surface area (Å²) < 4.78 is 5.30. The number of carbonyl (C=O) groups excluding carboxylic acids is 1. The molecular weight excluding hydrogens is 322 g/mol. The number of aryl methyl sites for hydroxylation is 2. The van der Waals surface area contributed by atoms with Gasteiger partial charge in [0, 0.05) is 23.8 Å². The average molecular weight is 347 g/mol. The number of carbonyl (C=O) groups is 1. The van der Waals surface area contributed by atoms with E-state index in [1.165, 1.54) is 17.8 Å². The molecule has 0 bridgehead atoms. The van der Waals surface area contributed by atoms with E-state index in [0.29, 0.717) is 29.6 Å². The van der Waals surface area contributed by atoms with Crippen LogP contribution in [0, 0.1) is 19.8 Å². The van der Waals surface area contributed by atoms with Crippen LogP contribution in [-0.2, 0) is 10.5 Å². The van der Waals surface area contributed by atoms with Crippen LogP contribution in [-0.4, -0.2) is 18.2 Å². The van der Waals surface area contributed by atoms with Crippen molar-refractivity contribution >= 4 is 28.6 Å². The Bertz CT molecular complexity index is 780. The summed E-state index contributed by atoms with van der Waals surface area (Å²) >= 11 is 1.51. The van der Waals surface area contributed by atoms with Gasteiger partial charge in [-0.15, -0.1) is 11.8 Å². The van der Waals surface area contributed by atoms with E-state index < -0.39 is 0 Å². The second-order valence-corrected chi connectivity index (χ2v) is 7.53. The van der Waals surface area contributed by atoms with Crippen LogP contribution < -0.4 is 10.9 Å². The van der Waals surface area contributed by atoms with Crippen molar-refractivity contribution in [2.45, 2.75) is 39.9 Å². The van der Waals surface area contributed by atoms with Gasteiger partial charge in [0.25, 0.3) is 0 Å². The molecule has 1 aromatic heterocycles. The summed E-state index contributed by atoms with van der Waals surface area (Å²) in [6.07, 6.45) is 0.986. The van der Waals surface area contributed by atoms with E-state index in [1.54, 1.807) is 0 Å². The zero-order chi connectivity index (χ0) is 17.7. The molecule has 1 amide bonds. The normalized spacial score (nSPS) is 11.2. The van der Waals surface area contributed by atoms with Crippen molar-refractivity contribution < 1.29 is 9.21 Å². The predicted molar refractivity (Wildman–Crippen MR) is 101 cm³/mol. The maximum atomic E-state index is 11.8. The maximum Gasteiger partial charge on any atom is 0.336 e. The minimum Gasteiger partial charge on any atom is -0.423 e. The number of benzene rings is 1. The van der Waals surface area contributed by atoms with Crippen LogP contribution in [0.1, 0.15) is 37.0 Å². The van der Waals surface area contributed by atoms with E-state index in [0.717, 1.165) is 28.5 Å². The molecule has 1 heterocycles. The van der Waals surface area contributed by atoms with Gasteiger partial charge in [-0.1, -0.05) is 13.8 Å². The minimum absolute atomic E-state index is 0.0416. The molecule has 1 aromatic carbocycles. The van der Waals surface area contributed by atoms with Crippen molar-refractivity contribution in [1.29, 1.82) is 0 Å². The van der Waals surface area contributed by atoms with Crippen molar-refractivity contribution in [3.05, 3.63) is 45.3 Å². The van der Waals surface area contributed by atoms with Gasteiger partial charge in [-0.05, 0) is 55.0 Å². The van der Waals surface area contributed by atoms with Gasteiger partial charge in [0.15, 0.2) is 0 Å². The highest BCUT2D eigenvalue weighted by Crippen LogP contribution is 2.24. The molecule has 0 radical (unpaired) electrons. The van der Waals surface area contributed by atoms with Gasteiger partial charge in [0.2, 0.25) is 5.91 Å². The Kier molecular flexibility index (Phi) is 6.49. The monoisotopic (exact) mass is 347 g/mol. The first-order valence-electron chi connectivity index (χ1n) is 8.25. The lowest BCUT2D eigenvalue weighted by Gasteiger charge is -2.09. The smallest absolute Gasteiger partial charge is 0.336 e. The first kappa shape index (κ1) is 18.6. The lowest BCUT2D eigenvalue weighted by atomic mass is 10.0. The summed E-state index contributed by atoms with van der Waals surface area (Å²) in [5.41, 5.74) is 3.45. The molecule has 0 spiro atoms. The van der Waals surface area contributed by atoms with Crippen LogP contribution in [0.2, 0.25) is 0 Å². The van der Waals surface area contributed by atoms with Crippen LogP contribution in [0.25, 0.3) is 11.0 Å². The fourth-order valence-corrected chi connectivity index (χ4v) is 3.26. The molecule has 5 heteroatoms. The quantitative estimate of drug-likeness (QED) is 0.774. The molecule has 1 N–H and O–H groups in total. The molecule has 0 aliphatic rings. The molecule has 0 saturated heterocycles. The molecule has 0 unspecified atom stereocenters. The van der Waals surface area contributed by atoms with Gasteiger partial charge in [-0.3, -0.25) is 4.79 Å². The lowest BCUT2D eigenvalue weighted by Crippen LogP contribution is -2.27. The third-order valence-corrected chi connectivity index (χ3v) is 4.96. The highest BCUT2D eigenvalue weighted by atomic mass is 32.2. The molecule has 2 aromatic rings. The van der Waals surface area contributed by atoms with E-state index in [2.05, 4.69) is 19.2 Å². The molecule has 0 aliphatic heterocycles. The molecular formula is C19H25NO3S. The molecule has 24 heavy (non-hydrogen) atoms.